The Kier molecular flexibility index (Phi) is 5.19. The van der Waals surface area contributed by atoms with E-state index in [0.717, 1.165) is 5.56 Å². The second-order valence-corrected chi connectivity index (χ2v) is 4.85. The van der Waals surface area contributed by atoms with Gasteiger partial charge in [-0.1, -0.05) is 30.3 Å². The molecule has 4 nitrogen and oxygen atoms in total. The predicted octanol–water partition coefficient (Wildman–Crippen LogP) is 1.93. The first-order valence-corrected chi connectivity index (χ1v) is 5.89. The van der Waals surface area contributed by atoms with E-state index in [2.05, 4.69) is 4.99 Å². The lowest BCUT2D eigenvalue weighted by molar-refractivity contribution is -0.121. The van der Waals surface area contributed by atoms with E-state index in [9.17, 15) is 4.79 Å². The number of hydrogen-bond donors (Lipinski definition) is 1. The molecule has 0 aromatic heterocycles. The van der Waals surface area contributed by atoms with Crippen LogP contribution in [-0.4, -0.2) is 23.8 Å². The second-order valence-electron chi connectivity index (χ2n) is 4.85. The highest BCUT2D eigenvalue weighted by molar-refractivity contribution is 5.98. The van der Waals surface area contributed by atoms with Gasteiger partial charge in [-0.15, -0.1) is 0 Å². The summed E-state index contributed by atoms with van der Waals surface area (Å²) >= 11 is 0. The molecule has 0 aliphatic heterocycles. The van der Waals surface area contributed by atoms with Crippen LogP contribution < -0.4 is 5.73 Å². The first-order chi connectivity index (χ1) is 8.39. The summed E-state index contributed by atoms with van der Waals surface area (Å²) in [5.41, 5.74) is 6.45. The van der Waals surface area contributed by atoms with Gasteiger partial charge < -0.3 is 10.5 Å². The van der Waals surface area contributed by atoms with Crippen molar-refractivity contribution < 1.29 is 9.53 Å². The minimum atomic E-state index is -0.930. The Balaban J connectivity index is 2.40. The molecular weight excluding hydrogens is 228 g/mol. The molecule has 0 atom stereocenters. The van der Waals surface area contributed by atoms with Gasteiger partial charge in [-0.05, 0) is 26.3 Å². The largest absolute Gasteiger partial charge is 0.371 e. The number of rotatable bonds is 5. The number of hydrogen-bond acceptors (Lipinski definition) is 3. The van der Waals surface area contributed by atoms with E-state index in [4.69, 9.17) is 10.5 Å². The number of benzene rings is 1. The van der Waals surface area contributed by atoms with Crippen molar-refractivity contribution in [1.29, 1.82) is 0 Å². The highest BCUT2D eigenvalue weighted by atomic mass is 16.5. The fourth-order valence-corrected chi connectivity index (χ4v) is 1.24. The van der Waals surface area contributed by atoms with E-state index in [1.165, 1.54) is 0 Å². The maximum absolute atomic E-state index is 11.5. The Hall–Kier alpha value is -1.52. The summed E-state index contributed by atoms with van der Waals surface area (Å²) < 4.78 is 5.47. The molecule has 0 saturated heterocycles. The Morgan fingerprint density at radius 3 is 2.50 bits per heavy atom. The van der Waals surface area contributed by atoms with Crippen LogP contribution in [0.25, 0.3) is 0 Å². The lowest BCUT2D eigenvalue weighted by Crippen LogP contribution is -2.40. The topological polar surface area (TPSA) is 64.7 Å². The Bertz CT molecular complexity index is 419. The van der Waals surface area contributed by atoms with E-state index >= 15 is 0 Å². The fourth-order valence-electron chi connectivity index (χ4n) is 1.24. The van der Waals surface area contributed by atoms with Crippen molar-refractivity contribution in [3.8, 4) is 0 Å². The fraction of sp³-hybridized carbons (Fsp3) is 0.429. The van der Waals surface area contributed by atoms with Crippen molar-refractivity contribution in [2.75, 3.05) is 6.61 Å². The van der Waals surface area contributed by atoms with Crippen molar-refractivity contribution in [3.05, 3.63) is 35.9 Å². The van der Waals surface area contributed by atoms with Crippen molar-refractivity contribution in [1.82, 2.24) is 0 Å². The van der Waals surface area contributed by atoms with Crippen molar-refractivity contribution in [2.45, 2.75) is 32.9 Å². The van der Waals surface area contributed by atoms with Crippen molar-refractivity contribution in [3.63, 3.8) is 0 Å². The zero-order chi connectivity index (χ0) is 13.6. The van der Waals surface area contributed by atoms with Gasteiger partial charge in [0.05, 0.1) is 18.8 Å². The molecule has 1 aromatic rings. The van der Waals surface area contributed by atoms with E-state index in [0.29, 0.717) is 18.9 Å². The standard InChI is InChI=1S/C14H20N2O2/c1-11(16-13(17)14(2,3)15)9-18-10-12-7-5-4-6-8-12/h4-8H,9-10,15H2,1-3H3. The Morgan fingerprint density at radius 1 is 1.33 bits per heavy atom. The summed E-state index contributed by atoms with van der Waals surface area (Å²) in [6, 6.07) is 9.85. The summed E-state index contributed by atoms with van der Waals surface area (Å²) in [6.45, 7) is 5.87. The molecule has 0 spiro atoms. The molecule has 0 radical (unpaired) electrons. The van der Waals surface area contributed by atoms with Crippen molar-refractivity contribution >= 4 is 11.6 Å². The molecule has 0 heterocycles. The van der Waals surface area contributed by atoms with Gasteiger partial charge in [-0.25, -0.2) is 4.99 Å². The van der Waals surface area contributed by atoms with Crippen LogP contribution >= 0.6 is 0 Å². The molecule has 2 N–H and O–H groups in total. The number of aliphatic imine (C=N–C) groups is 1. The van der Waals surface area contributed by atoms with E-state index in [-0.39, 0.29) is 5.91 Å². The smallest absolute Gasteiger partial charge is 0.265 e. The summed E-state index contributed by atoms with van der Waals surface area (Å²) in [7, 11) is 0. The molecule has 18 heavy (non-hydrogen) atoms. The summed E-state index contributed by atoms with van der Waals surface area (Å²) in [6.07, 6.45) is 0. The third-order valence-corrected chi connectivity index (χ3v) is 2.27. The Labute approximate surface area is 108 Å². The molecule has 0 bridgehead atoms. The predicted molar refractivity (Wildman–Crippen MR) is 72.5 cm³/mol. The highest BCUT2D eigenvalue weighted by Crippen LogP contribution is 2.02. The molecule has 98 valence electrons. The molecule has 1 rings (SSSR count). The molecule has 1 aromatic carbocycles. The maximum atomic E-state index is 11.5. The molecule has 0 aliphatic rings. The Morgan fingerprint density at radius 2 is 1.94 bits per heavy atom. The van der Waals surface area contributed by atoms with Crippen LogP contribution in [-0.2, 0) is 16.1 Å². The summed E-state index contributed by atoms with van der Waals surface area (Å²) in [5.74, 6) is -0.330. The molecule has 1 amide bonds. The van der Waals surface area contributed by atoms with Gasteiger partial charge >= 0.3 is 0 Å². The summed E-state index contributed by atoms with van der Waals surface area (Å²) in [4.78, 5) is 15.4. The first-order valence-electron chi connectivity index (χ1n) is 5.89. The molecule has 0 unspecified atom stereocenters. The monoisotopic (exact) mass is 248 g/mol. The van der Waals surface area contributed by atoms with Crippen LogP contribution in [0.3, 0.4) is 0 Å². The van der Waals surface area contributed by atoms with Crippen LogP contribution in [0, 0.1) is 0 Å². The second kappa shape index (κ2) is 6.42. The van der Waals surface area contributed by atoms with Gasteiger partial charge in [0.25, 0.3) is 5.91 Å². The van der Waals surface area contributed by atoms with Crippen LogP contribution in [0.15, 0.2) is 35.3 Å². The van der Waals surface area contributed by atoms with Gasteiger partial charge in [0.15, 0.2) is 0 Å². The van der Waals surface area contributed by atoms with Crippen LogP contribution in [0.5, 0.6) is 0 Å². The van der Waals surface area contributed by atoms with Crippen LogP contribution in [0.4, 0.5) is 0 Å². The number of ether oxygens (including phenoxy) is 1. The minimum Gasteiger partial charge on any atom is -0.371 e. The van der Waals surface area contributed by atoms with Gasteiger partial charge in [-0.2, -0.15) is 0 Å². The first kappa shape index (κ1) is 14.5. The van der Waals surface area contributed by atoms with E-state index < -0.39 is 5.54 Å². The van der Waals surface area contributed by atoms with Crippen molar-refractivity contribution in [2.24, 2.45) is 10.7 Å². The van der Waals surface area contributed by atoms with Crippen LogP contribution in [0.2, 0.25) is 0 Å². The minimum absolute atomic E-state index is 0.330. The van der Waals surface area contributed by atoms with Gasteiger partial charge in [0.2, 0.25) is 0 Å². The number of carbonyl (C=O) groups excluding carboxylic acids is 1. The quantitative estimate of drug-likeness (QED) is 0.810. The lowest BCUT2D eigenvalue weighted by atomic mass is 10.1. The maximum Gasteiger partial charge on any atom is 0.265 e. The molecule has 0 fully saturated rings. The third kappa shape index (κ3) is 5.21. The SMILES string of the molecule is CC(COCc1ccccc1)=NC(=O)C(C)(C)N. The van der Waals surface area contributed by atoms with Crippen LogP contribution in [0.1, 0.15) is 26.3 Å². The zero-order valence-electron chi connectivity index (χ0n) is 11.1. The normalized spacial score (nSPS) is 12.6. The zero-order valence-corrected chi connectivity index (χ0v) is 11.1. The average molecular weight is 248 g/mol. The van der Waals surface area contributed by atoms with Gasteiger partial charge in [0, 0.05) is 5.71 Å². The molecule has 0 aliphatic carbocycles. The highest BCUT2D eigenvalue weighted by Gasteiger charge is 2.21. The number of nitrogens with two attached hydrogens (primary N) is 1. The number of carbonyl (C=O) groups is 1. The van der Waals surface area contributed by atoms with E-state index in [1.54, 1.807) is 20.8 Å². The molecular formula is C14H20N2O2. The van der Waals surface area contributed by atoms with E-state index in [1.807, 2.05) is 30.3 Å². The number of nitrogens with zero attached hydrogens (tertiary/aromatic N) is 1. The lowest BCUT2D eigenvalue weighted by Gasteiger charge is -2.13. The molecule has 0 saturated carbocycles. The average Bonchev–Trinajstić information content (AvgIpc) is 2.29. The van der Waals surface area contributed by atoms with Gasteiger partial charge in [0.1, 0.15) is 0 Å². The third-order valence-electron chi connectivity index (χ3n) is 2.27. The van der Waals surface area contributed by atoms with Gasteiger partial charge in [-0.3, -0.25) is 4.79 Å². The molecule has 4 heteroatoms. The number of amides is 1. The summed E-state index contributed by atoms with van der Waals surface area (Å²) in [5, 5.41) is 0.